The second kappa shape index (κ2) is 33.8. The normalized spacial score (nSPS) is 16.2. The van der Waals surface area contributed by atoms with Crippen LogP contribution in [0.3, 0.4) is 0 Å². The van der Waals surface area contributed by atoms with Gasteiger partial charge in [-0.25, -0.2) is 15.2 Å². The molecule has 3 rings (SSSR count). The molecule has 4 atom stereocenters. The molecule has 14 nitrogen and oxygen atoms in total. The van der Waals surface area contributed by atoms with Crippen LogP contribution in [0, 0.1) is 28.6 Å². The van der Waals surface area contributed by atoms with Gasteiger partial charge in [-0.05, 0) is 37.5 Å². The summed E-state index contributed by atoms with van der Waals surface area (Å²) in [6.45, 7) is 6.84. The van der Waals surface area contributed by atoms with E-state index in [9.17, 15) is 10.2 Å². The van der Waals surface area contributed by atoms with Crippen molar-refractivity contribution in [1.29, 1.82) is 15.9 Å². The standard InChI is InChI=1S/C38H61N6O6P.CHN.CH4O/c1-2-3-4-5-6-7-8-9-10-11-12-13-14-15-16-17-25-46-27-33(50-37-20-18-19-31(26-39)43-37)29-48-51(45)47-28-32-21-24-36(49-32)34-22-23-35(44-34)38(41)42-30-40;2*1-2/h18-20,22-23,30,32-33,36,44-45H,2-17,21,24-25,27-29H2,1H3,(H3,40,41,42);1H;2H,1H3. The quantitative estimate of drug-likeness (QED) is 0.0218. The second-order valence-electron chi connectivity index (χ2n) is 13.2. The van der Waals surface area contributed by atoms with E-state index in [1.807, 2.05) is 12.1 Å². The molecule has 6 N–H and O–H groups in total. The van der Waals surface area contributed by atoms with Crippen molar-refractivity contribution in [3.8, 4) is 18.5 Å². The number of H-pyrrole nitrogens is 1. The number of nitriles is 2. The van der Waals surface area contributed by atoms with Crippen molar-refractivity contribution < 1.29 is 33.3 Å². The van der Waals surface area contributed by atoms with Crippen LogP contribution < -0.4 is 10.5 Å². The van der Waals surface area contributed by atoms with Gasteiger partial charge < -0.3 is 44.0 Å². The Balaban J connectivity index is 0.00000365. The molecule has 1 aliphatic heterocycles. The van der Waals surface area contributed by atoms with Gasteiger partial charge in [0, 0.05) is 32.0 Å². The van der Waals surface area contributed by atoms with Crippen LogP contribution in [0.15, 0.2) is 35.3 Å². The van der Waals surface area contributed by atoms with Crippen LogP contribution in [0.1, 0.15) is 146 Å². The minimum Gasteiger partial charge on any atom is -0.469 e. The maximum Gasteiger partial charge on any atom is 0.330 e. The molecule has 1 fully saturated rings. The summed E-state index contributed by atoms with van der Waals surface area (Å²) >= 11 is 0. The summed E-state index contributed by atoms with van der Waals surface area (Å²) in [6, 6.07) is 10.7. The molecule has 0 aromatic carbocycles. The fraction of sp³-hybridized carbons (Fsp3) is 0.675. The van der Waals surface area contributed by atoms with Crippen LogP contribution >= 0.6 is 8.60 Å². The summed E-state index contributed by atoms with van der Waals surface area (Å²) in [7, 11) is -1.18. The lowest BCUT2D eigenvalue weighted by atomic mass is 10.0. The van der Waals surface area contributed by atoms with Gasteiger partial charge in [0.05, 0.1) is 37.7 Å². The minimum atomic E-state index is -2.18. The van der Waals surface area contributed by atoms with Gasteiger partial charge in [-0.15, -0.1) is 0 Å². The SMILES string of the molecule is C#N.CCCCCCCCCCCCCCCCCCOCC(COP(O)OCC1CCC(c2ccc(C(N)=NC=N)[nH]2)O1)Oc1cccc(C#N)n1.CO. The Bertz CT molecular complexity index is 1340. The molecule has 15 heteroatoms. The smallest absolute Gasteiger partial charge is 0.330 e. The highest BCUT2D eigenvalue weighted by Crippen LogP contribution is 2.37. The van der Waals surface area contributed by atoms with Gasteiger partial charge in [-0.1, -0.05) is 109 Å². The Hall–Kier alpha value is -3.46. The highest BCUT2D eigenvalue weighted by Gasteiger charge is 2.29. The van der Waals surface area contributed by atoms with E-state index in [-0.39, 0.29) is 43.6 Å². The van der Waals surface area contributed by atoms with Gasteiger partial charge >= 0.3 is 8.60 Å². The molecule has 0 bridgehead atoms. The predicted molar refractivity (Wildman–Crippen MR) is 217 cm³/mol. The monoisotopic (exact) mass is 787 g/mol. The van der Waals surface area contributed by atoms with E-state index in [1.165, 1.54) is 89.9 Å². The number of rotatable bonds is 30. The second-order valence-corrected chi connectivity index (χ2v) is 14.2. The highest BCUT2D eigenvalue weighted by molar-refractivity contribution is 7.40. The van der Waals surface area contributed by atoms with Crippen molar-refractivity contribution in [1.82, 2.24) is 9.97 Å². The van der Waals surface area contributed by atoms with Gasteiger partial charge in [0.15, 0.2) is 0 Å². The number of aliphatic imine (C=N–C) groups is 1. The molecule has 4 unspecified atom stereocenters. The summed E-state index contributed by atoms with van der Waals surface area (Å²) in [6.07, 6.45) is 22.6. The number of hydrogen-bond donors (Lipinski definition) is 5. The number of aromatic nitrogens is 2. The van der Waals surface area contributed by atoms with Gasteiger partial charge in [0.1, 0.15) is 30.0 Å². The van der Waals surface area contributed by atoms with Gasteiger partial charge in [-0.2, -0.15) is 5.26 Å². The molecular formula is C40H66N7O7P. The number of nitrogens with zero attached hydrogens (tertiary/aromatic N) is 4. The van der Waals surface area contributed by atoms with E-state index in [4.69, 9.17) is 44.8 Å². The van der Waals surface area contributed by atoms with Crippen LogP contribution in [-0.4, -0.2) is 77.9 Å². The van der Waals surface area contributed by atoms with Crippen molar-refractivity contribution in [2.45, 2.75) is 141 Å². The topological polar surface area (TPSA) is 225 Å². The number of aromatic amines is 1. The number of hydrogen-bond acceptors (Lipinski definition) is 11. The third kappa shape index (κ3) is 23.3. The van der Waals surface area contributed by atoms with Crippen molar-refractivity contribution >= 4 is 20.8 Å². The Labute approximate surface area is 330 Å². The fourth-order valence-corrected chi connectivity index (χ4v) is 6.74. The minimum absolute atomic E-state index is 0.0255. The van der Waals surface area contributed by atoms with Crippen LogP contribution in [0.4, 0.5) is 0 Å². The number of aliphatic hydroxyl groups excluding tert-OH is 1. The molecule has 308 valence electrons. The molecule has 0 aliphatic carbocycles. The van der Waals surface area contributed by atoms with E-state index < -0.39 is 14.7 Å². The average Bonchev–Trinajstić information content (AvgIpc) is 3.91. The zero-order valence-electron chi connectivity index (χ0n) is 33.1. The lowest BCUT2D eigenvalue weighted by Crippen LogP contribution is -2.29. The van der Waals surface area contributed by atoms with Crippen molar-refractivity contribution in [2.75, 3.05) is 33.5 Å². The Morgan fingerprint density at radius 3 is 2.20 bits per heavy atom. The Morgan fingerprint density at radius 1 is 0.982 bits per heavy atom. The zero-order chi connectivity index (χ0) is 40.4. The molecule has 1 aliphatic rings. The van der Waals surface area contributed by atoms with Gasteiger partial charge in [-0.3, -0.25) is 5.41 Å². The summed E-state index contributed by atoms with van der Waals surface area (Å²) in [5, 5.41) is 29.8. The first-order valence-corrected chi connectivity index (χ1v) is 20.9. The number of unbranched alkanes of at least 4 members (excludes halogenated alkanes) is 15. The Kier molecular flexibility index (Phi) is 30.5. The molecule has 1 saturated heterocycles. The number of nitrogens with two attached hydrogens (primary N) is 1. The van der Waals surface area contributed by atoms with Gasteiger partial charge in [0.25, 0.3) is 0 Å². The number of aliphatic hydroxyl groups is 1. The number of ether oxygens (including phenoxy) is 3. The predicted octanol–water partition coefficient (Wildman–Crippen LogP) is 8.54. The molecule has 0 radical (unpaired) electrons. The van der Waals surface area contributed by atoms with Crippen molar-refractivity contribution in [3.05, 3.63) is 47.4 Å². The first-order chi connectivity index (χ1) is 27.0. The van der Waals surface area contributed by atoms with E-state index in [1.54, 1.807) is 24.3 Å². The van der Waals surface area contributed by atoms with Crippen LogP contribution in [0.2, 0.25) is 0 Å². The maximum atomic E-state index is 10.5. The molecule has 2 aromatic heterocycles. The fourth-order valence-electron chi connectivity index (χ4n) is 6.07. The van der Waals surface area contributed by atoms with E-state index in [0.29, 0.717) is 18.2 Å². The average molecular weight is 788 g/mol. The lowest BCUT2D eigenvalue weighted by Gasteiger charge is -2.21. The third-order valence-corrected chi connectivity index (χ3v) is 9.70. The summed E-state index contributed by atoms with van der Waals surface area (Å²) in [5.74, 6) is 0.527. The summed E-state index contributed by atoms with van der Waals surface area (Å²) in [4.78, 5) is 21.7. The first-order valence-electron chi connectivity index (χ1n) is 19.8. The Morgan fingerprint density at radius 2 is 1.60 bits per heavy atom. The van der Waals surface area contributed by atoms with Crippen LogP contribution in [0.25, 0.3) is 0 Å². The zero-order valence-corrected chi connectivity index (χ0v) is 34.0. The largest absolute Gasteiger partial charge is 0.469 e. The maximum absolute atomic E-state index is 10.5. The molecular weight excluding hydrogens is 721 g/mol. The van der Waals surface area contributed by atoms with Crippen LogP contribution in [0.5, 0.6) is 5.88 Å². The number of amidine groups is 1. The third-order valence-electron chi connectivity index (χ3n) is 8.96. The van der Waals surface area contributed by atoms with E-state index in [0.717, 1.165) is 44.8 Å². The molecule has 55 heavy (non-hydrogen) atoms. The van der Waals surface area contributed by atoms with Crippen molar-refractivity contribution in [2.24, 2.45) is 10.7 Å². The first kappa shape index (κ1) is 49.6. The van der Waals surface area contributed by atoms with Crippen molar-refractivity contribution in [3.63, 3.8) is 0 Å². The summed E-state index contributed by atoms with van der Waals surface area (Å²) in [5.41, 5.74) is 7.60. The highest BCUT2D eigenvalue weighted by atomic mass is 31.2. The van der Waals surface area contributed by atoms with E-state index in [2.05, 4.69) is 28.5 Å². The van der Waals surface area contributed by atoms with E-state index >= 15 is 0 Å². The lowest BCUT2D eigenvalue weighted by molar-refractivity contribution is 0.00179. The van der Waals surface area contributed by atoms with Crippen LogP contribution in [-0.2, 0) is 18.5 Å². The summed E-state index contributed by atoms with van der Waals surface area (Å²) < 4.78 is 29.3. The number of nitrogens with one attached hydrogen (secondary N) is 2. The molecule has 2 aromatic rings. The molecule has 0 saturated carbocycles. The van der Waals surface area contributed by atoms with Gasteiger partial charge in [0.2, 0.25) is 5.88 Å². The molecule has 3 heterocycles. The number of pyridine rings is 1. The molecule has 0 amide bonds. The molecule has 0 spiro atoms.